The second kappa shape index (κ2) is 8.20. The third-order valence-electron chi connectivity index (χ3n) is 3.59. The maximum Gasteiger partial charge on any atom is 0.263 e. The molecule has 0 fully saturated rings. The van der Waals surface area contributed by atoms with Gasteiger partial charge in [-0.05, 0) is 52.0 Å². The molecule has 3 rings (SSSR count). The van der Waals surface area contributed by atoms with Gasteiger partial charge in [-0.3, -0.25) is 14.2 Å². The number of aryl methyl sites for hydroxylation is 1. The Hall–Kier alpha value is -1.90. The maximum atomic E-state index is 12.6. The molecule has 134 valence electrons. The third kappa shape index (κ3) is 4.08. The van der Waals surface area contributed by atoms with Gasteiger partial charge in [0.2, 0.25) is 5.91 Å². The van der Waals surface area contributed by atoms with Crippen LogP contribution in [-0.4, -0.2) is 21.2 Å². The monoisotopic (exact) mass is 449 g/mol. The van der Waals surface area contributed by atoms with Gasteiger partial charge in [0, 0.05) is 11.0 Å². The first kappa shape index (κ1) is 18.9. The number of thiophene rings is 1. The maximum absolute atomic E-state index is 12.6. The van der Waals surface area contributed by atoms with Gasteiger partial charge >= 0.3 is 0 Å². The number of nitrogens with zero attached hydrogens (tertiary/aromatic N) is 2. The summed E-state index contributed by atoms with van der Waals surface area (Å²) in [6.45, 7) is 6.03. The van der Waals surface area contributed by atoms with E-state index in [1.54, 1.807) is 16.7 Å². The molecule has 1 amide bonds. The summed E-state index contributed by atoms with van der Waals surface area (Å²) < 4.78 is 2.37. The Morgan fingerprint density at radius 1 is 1.46 bits per heavy atom. The number of nitrogens with one attached hydrogen (secondary N) is 1. The van der Waals surface area contributed by atoms with E-state index < -0.39 is 0 Å². The van der Waals surface area contributed by atoms with Gasteiger partial charge in [0.1, 0.15) is 4.83 Å². The third-order valence-corrected chi connectivity index (χ3v) is 6.03. The van der Waals surface area contributed by atoms with Gasteiger partial charge in [-0.1, -0.05) is 23.9 Å². The molecule has 0 saturated carbocycles. The summed E-state index contributed by atoms with van der Waals surface area (Å²) in [7, 11) is 0. The van der Waals surface area contributed by atoms with Crippen molar-refractivity contribution in [2.45, 2.75) is 18.6 Å². The van der Waals surface area contributed by atoms with E-state index in [0.29, 0.717) is 27.6 Å². The lowest BCUT2D eigenvalue weighted by Crippen LogP contribution is -2.23. The van der Waals surface area contributed by atoms with Gasteiger partial charge in [0.05, 0.1) is 16.8 Å². The lowest BCUT2D eigenvalue weighted by atomic mass is 10.2. The highest BCUT2D eigenvalue weighted by Crippen LogP contribution is 2.25. The van der Waals surface area contributed by atoms with Crippen LogP contribution in [0.4, 0.5) is 5.69 Å². The zero-order chi connectivity index (χ0) is 18.7. The topological polar surface area (TPSA) is 64.0 Å². The van der Waals surface area contributed by atoms with Crippen LogP contribution in [0.1, 0.15) is 5.56 Å². The zero-order valence-electron chi connectivity index (χ0n) is 14.0. The number of hydrogen-bond acceptors (Lipinski definition) is 5. The number of amides is 1. The standard InChI is InChI=1S/C18H16BrN3O2S2/c1-3-7-22-17(24)12-6-8-25-16(12)21-18(22)26-10-15(23)20-14-5-4-11(2)9-13(14)19/h3-6,8-9H,1,7,10H2,2H3,(H,20,23). The van der Waals surface area contributed by atoms with Crippen LogP contribution in [0.2, 0.25) is 0 Å². The molecule has 0 aliphatic rings. The van der Waals surface area contributed by atoms with Crippen LogP contribution in [0.25, 0.3) is 10.2 Å². The normalized spacial score (nSPS) is 10.8. The van der Waals surface area contributed by atoms with Crippen molar-refractivity contribution in [2.75, 3.05) is 11.1 Å². The van der Waals surface area contributed by atoms with Crippen molar-refractivity contribution >= 4 is 60.8 Å². The molecule has 26 heavy (non-hydrogen) atoms. The highest BCUT2D eigenvalue weighted by molar-refractivity contribution is 9.10. The molecular weight excluding hydrogens is 434 g/mol. The Labute approximate surface area is 167 Å². The quantitative estimate of drug-likeness (QED) is 0.343. The number of allylic oxidation sites excluding steroid dienone is 1. The van der Waals surface area contributed by atoms with Crippen molar-refractivity contribution in [1.29, 1.82) is 0 Å². The van der Waals surface area contributed by atoms with Gasteiger partial charge < -0.3 is 5.32 Å². The number of anilines is 1. The van der Waals surface area contributed by atoms with E-state index in [9.17, 15) is 9.59 Å². The number of aromatic nitrogens is 2. The second-order valence-electron chi connectivity index (χ2n) is 5.56. The van der Waals surface area contributed by atoms with E-state index in [4.69, 9.17) is 0 Å². The molecule has 2 aromatic heterocycles. The fourth-order valence-corrected chi connectivity index (χ4v) is 4.57. The predicted molar refractivity (Wildman–Crippen MR) is 112 cm³/mol. The van der Waals surface area contributed by atoms with Crippen LogP contribution < -0.4 is 10.9 Å². The van der Waals surface area contributed by atoms with Gasteiger partial charge in [0.15, 0.2) is 5.16 Å². The van der Waals surface area contributed by atoms with Gasteiger partial charge in [-0.2, -0.15) is 0 Å². The number of thioether (sulfide) groups is 1. The number of carbonyl (C=O) groups excluding carboxylic acids is 1. The molecule has 0 bridgehead atoms. The van der Waals surface area contributed by atoms with Crippen LogP contribution in [0.3, 0.4) is 0 Å². The fraction of sp³-hybridized carbons (Fsp3) is 0.167. The molecule has 2 heterocycles. The van der Waals surface area contributed by atoms with Crippen molar-refractivity contribution < 1.29 is 4.79 Å². The number of hydrogen-bond donors (Lipinski definition) is 1. The molecule has 0 aliphatic heterocycles. The number of fused-ring (bicyclic) bond motifs is 1. The minimum atomic E-state index is -0.162. The number of benzene rings is 1. The van der Waals surface area contributed by atoms with Crippen LogP contribution in [0.15, 0.2) is 56.7 Å². The molecule has 1 N–H and O–H groups in total. The van der Waals surface area contributed by atoms with Crippen LogP contribution in [0, 0.1) is 6.92 Å². The molecule has 0 aliphatic carbocycles. The Morgan fingerprint density at radius 3 is 3.00 bits per heavy atom. The summed E-state index contributed by atoms with van der Waals surface area (Å²) in [5, 5.41) is 5.82. The largest absolute Gasteiger partial charge is 0.324 e. The molecular formula is C18H16BrN3O2S2. The Morgan fingerprint density at radius 2 is 2.27 bits per heavy atom. The van der Waals surface area contributed by atoms with Gasteiger partial charge in [-0.15, -0.1) is 17.9 Å². The summed E-state index contributed by atoms with van der Waals surface area (Å²) in [6.07, 6.45) is 1.65. The summed E-state index contributed by atoms with van der Waals surface area (Å²) in [4.78, 5) is 30.1. The van der Waals surface area contributed by atoms with Crippen molar-refractivity contribution in [3.63, 3.8) is 0 Å². The Bertz CT molecular complexity index is 1040. The lowest BCUT2D eigenvalue weighted by Gasteiger charge is -2.11. The number of halogens is 1. The summed E-state index contributed by atoms with van der Waals surface area (Å²) >= 11 is 6.10. The molecule has 8 heteroatoms. The fourth-order valence-electron chi connectivity index (χ4n) is 2.37. The highest BCUT2D eigenvalue weighted by Gasteiger charge is 2.14. The van der Waals surface area contributed by atoms with Crippen molar-refractivity contribution in [2.24, 2.45) is 0 Å². The Kier molecular flexibility index (Phi) is 5.95. The highest BCUT2D eigenvalue weighted by atomic mass is 79.9. The number of carbonyl (C=O) groups is 1. The minimum absolute atomic E-state index is 0.111. The summed E-state index contributed by atoms with van der Waals surface area (Å²) in [5.41, 5.74) is 1.71. The number of rotatable bonds is 6. The molecule has 3 aromatic rings. The minimum Gasteiger partial charge on any atom is -0.324 e. The Balaban J connectivity index is 1.78. The summed E-state index contributed by atoms with van der Waals surface area (Å²) in [6, 6.07) is 7.49. The van der Waals surface area contributed by atoms with Crippen LogP contribution in [0.5, 0.6) is 0 Å². The van der Waals surface area contributed by atoms with E-state index in [-0.39, 0.29) is 17.2 Å². The molecule has 0 unspecified atom stereocenters. The second-order valence-corrected chi connectivity index (χ2v) is 8.25. The summed E-state index contributed by atoms with van der Waals surface area (Å²) in [5.74, 6) is -0.00827. The van der Waals surface area contributed by atoms with E-state index in [2.05, 4.69) is 32.8 Å². The molecule has 0 radical (unpaired) electrons. The van der Waals surface area contributed by atoms with Gasteiger partial charge in [-0.25, -0.2) is 4.98 Å². The first-order valence-electron chi connectivity index (χ1n) is 7.77. The average molecular weight is 450 g/mol. The van der Waals surface area contributed by atoms with E-state index in [1.165, 1.54) is 23.1 Å². The molecule has 0 saturated heterocycles. The van der Waals surface area contributed by atoms with E-state index in [0.717, 1.165) is 10.0 Å². The van der Waals surface area contributed by atoms with Crippen molar-refractivity contribution in [3.8, 4) is 0 Å². The smallest absolute Gasteiger partial charge is 0.263 e. The van der Waals surface area contributed by atoms with Crippen molar-refractivity contribution in [3.05, 3.63) is 62.7 Å². The molecule has 5 nitrogen and oxygen atoms in total. The SMILES string of the molecule is C=CCn1c(SCC(=O)Nc2ccc(C)cc2Br)nc2sccc2c1=O. The first-order valence-corrected chi connectivity index (χ1v) is 10.4. The first-order chi connectivity index (χ1) is 12.5. The molecule has 0 atom stereocenters. The van der Waals surface area contributed by atoms with E-state index >= 15 is 0 Å². The average Bonchev–Trinajstić information content (AvgIpc) is 3.07. The zero-order valence-corrected chi connectivity index (χ0v) is 17.2. The predicted octanol–water partition coefficient (Wildman–Crippen LogP) is 4.45. The lowest BCUT2D eigenvalue weighted by molar-refractivity contribution is -0.113. The van der Waals surface area contributed by atoms with Crippen LogP contribution in [-0.2, 0) is 11.3 Å². The van der Waals surface area contributed by atoms with E-state index in [1.807, 2.05) is 30.5 Å². The van der Waals surface area contributed by atoms with Crippen molar-refractivity contribution in [1.82, 2.24) is 9.55 Å². The van der Waals surface area contributed by atoms with Gasteiger partial charge in [0.25, 0.3) is 5.56 Å². The molecule has 1 aromatic carbocycles. The molecule has 0 spiro atoms. The van der Waals surface area contributed by atoms with Crippen LogP contribution >= 0.6 is 39.0 Å².